The van der Waals surface area contributed by atoms with E-state index in [2.05, 4.69) is 21.3 Å². The van der Waals surface area contributed by atoms with E-state index in [1.54, 1.807) is 24.3 Å². The van der Waals surface area contributed by atoms with Gasteiger partial charge in [0, 0.05) is 25.7 Å². The largest absolute Gasteiger partial charge is 0.480 e. The fraction of sp³-hybridized carbons (Fsp3) is 0.489. The summed E-state index contributed by atoms with van der Waals surface area (Å²) in [7, 11) is 0. The van der Waals surface area contributed by atoms with Gasteiger partial charge in [0.25, 0.3) is 5.91 Å². The third-order valence-corrected chi connectivity index (χ3v) is 10.6. The lowest BCUT2D eigenvalue weighted by atomic mass is 9.97. The summed E-state index contributed by atoms with van der Waals surface area (Å²) in [6.45, 7) is 3.87. The van der Waals surface area contributed by atoms with Crippen LogP contribution in [-0.4, -0.2) is 58.7 Å². The molecule has 0 aromatic heterocycles. The zero-order valence-electron chi connectivity index (χ0n) is 34.9. The summed E-state index contributed by atoms with van der Waals surface area (Å²) in [5, 5.41) is 20.8. The SMILES string of the molecule is CC[C@H](C)[C@H](NC(=O)CCCCCCCCCCCCCCC(=O)Nc1ccccc1C(=O)N[C@@H](Cc1ccccc1)C(=O)O)C(=O)N[C@@H](Cc1ccccc1)C(N)=O. The van der Waals surface area contributed by atoms with Crippen LogP contribution in [0.25, 0.3) is 0 Å². The van der Waals surface area contributed by atoms with Crippen LogP contribution in [0.15, 0.2) is 84.9 Å². The first-order valence-electron chi connectivity index (χ1n) is 21.4. The highest BCUT2D eigenvalue weighted by molar-refractivity contribution is 6.04. The second-order valence-corrected chi connectivity index (χ2v) is 15.5. The van der Waals surface area contributed by atoms with Gasteiger partial charge in [0.15, 0.2) is 0 Å². The maximum atomic E-state index is 13.2. The first-order valence-corrected chi connectivity index (χ1v) is 21.4. The number of amides is 5. The fourth-order valence-corrected chi connectivity index (χ4v) is 6.91. The molecule has 0 spiro atoms. The Labute approximate surface area is 349 Å². The second-order valence-electron chi connectivity index (χ2n) is 15.5. The van der Waals surface area contributed by atoms with Gasteiger partial charge in [-0.25, -0.2) is 4.79 Å². The minimum absolute atomic E-state index is 0.109. The van der Waals surface area contributed by atoms with E-state index in [0.717, 1.165) is 88.2 Å². The molecule has 0 radical (unpaired) electrons. The molecule has 0 aliphatic heterocycles. The van der Waals surface area contributed by atoms with Gasteiger partial charge in [0.1, 0.15) is 18.1 Å². The molecule has 5 amide bonds. The Kier molecular flexibility index (Phi) is 22.1. The average Bonchev–Trinajstić information content (AvgIpc) is 3.22. The molecule has 12 nitrogen and oxygen atoms in total. The van der Waals surface area contributed by atoms with Crippen LogP contribution >= 0.6 is 0 Å². The van der Waals surface area contributed by atoms with Gasteiger partial charge in [-0.3, -0.25) is 24.0 Å². The van der Waals surface area contributed by atoms with Crippen molar-refractivity contribution in [3.8, 4) is 0 Å². The van der Waals surface area contributed by atoms with Gasteiger partial charge in [-0.1, -0.05) is 157 Å². The van der Waals surface area contributed by atoms with Crippen LogP contribution in [0.5, 0.6) is 0 Å². The Bertz CT molecular complexity index is 1750. The Morgan fingerprint density at radius 1 is 0.576 bits per heavy atom. The monoisotopic (exact) mass is 811 g/mol. The first kappa shape index (κ1) is 47.9. The van der Waals surface area contributed by atoms with Crippen molar-refractivity contribution in [1.29, 1.82) is 0 Å². The van der Waals surface area contributed by atoms with Gasteiger partial charge in [-0.2, -0.15) is 0 Å². The Morgan fingerprint density at radius 2 is 1.03 bits per heavy atom. The maximum Gasteiger partial charge on any atom is 0.326 e. The number of anilines is 1. The standard InChI is InChI=1S/C47H65N5O7/c1-3-34(2)43(46(57)50-39(44(48)55)32-35-24-16-14-17-25-35)52-42(54)31-21-13-11-9-7-5-4-6-8-10-12-20-30-41(53)49-38-29-23-22-28-37(38)45(56)51-40(47(58)59)33-36-26-18-15-19-27-36/h14-19,22-29,34,39-40,43H,3-13,20-21,30-33H2,1-2H3,(H2,48,55)(H,49,53)(H,50,57)(H,51,56)(H,52,54)(H,58,59)/t34-,39-,40-,43-/m0/s1. The zero-order chi connectivity index (χ0) is 42.8. The normalized spacial score (nSPS) is 13.0. The lowest BCUT2D eigenvalue weighted by Gasteiger charge is -2.26. The second kappa shape index (κ2) is 27.2. The summed E-state index contributed by atoms with van der Waals surface area (Å²) in [4.78, 5) is 75.7. The quantitative estimate of drug-likeness (QED) is 0.0397. The molecular formula is C47H65N5O7. The van der Waals surface area contributed by atoms with Gasteiger partial charge < -0.3 is 32.1 Å². The van der Waals surface area contributed by atoms with E-state index < -0.39 is 41.8 Å². The van der Waals surface area contributed by atoms with Crippen molar-refractivity contribution in [2.75, 3.05) is 5.32 Å². The number of nitrogens with one attached hydrogen (secondary N) is 4. The first-order chi connectivity index (χ1) is 28.5. The van der Waals surface area contributed by atoms with E-state index in [1.807, 2.05) is 74.5 Å². The number of para-hydroxylation sites is 1. The van der Waals surface area contributed by atoms with Crippen LogP contribution in [0, 0.1) is 5.92 Å². The molecule has 3 aromatic carbocycles. The van der Waals surface area contributed by atoms with Crippen molar-refractivity contribution < 1.29 is 33.9 Å². The minimum atomic E-state index is -1.13. The smallest absolute Gasteiger partial charge is 0.326 e. The summed E-state index contributed by atoms with van der Waals surface area (Å²) >= 11 is 0. The van der Waals surface area contributed by atoms with Crippen molar-refractivity contribution in [3.05, 3.63) is 102 Å². The molecule has 0 saturated heterocycles. The van der Waals surface area contributed by atoms with E-state index >= 15 is 0 Å². The number of unbranched alkanes of at least 4 members (excludes halogenated alkanes) is 11. The number of aliphatic carboxylic acids is 1. The summed E-state index contributed by atoms with van der Waals surface area (Å²) in [5.74, 6) is -3.16. The van der Waals surface area contributed by atoms with Crippen molar-refractivity contribution in [3.63, 3.8) is 0 Å². The molecule has 0 bridgehead atoms. The van der Waals surface area contributed by atoms with E-state index in [0.29, 0.717) is 24.9 Å². The predicted octanol–water partition coefficient (Wildman–Crippen LogP) is 7.26. The highest BCUT2D eigenvalue weighted by atomic mass is 16.4. The molecule has 12 heteroatoms. The molecule has 0 saturated carbocycles. The van der Waals surface area contributed by atoms with Crippen LogP contribution in [0.1, 0.15) is 132 Å². The number of benzene rings is 3. The number of primary amides is 1. The molecule has 0 fully saturated rings. The van der Waals surface area contributed by atoms with E-state index in [4.69, 9.17) is 5.73 Å². The van der Waals surface area contributed by atoms with E-state index in [1.165, 1.54) is 0 Å². The van der Waals surface area contributed by atoms with E-state index in [9.17, 15) is 33.9 Å². The van der Waals surface area contributed by atoms with Gasteiger partial charge in [-0.15, -0.1) is 0 Å². The van der Waals surface area contributed by atoms with Crippen molar-refractivity contribution in [2.24, 2.45) is 11.7 Å². The molecule has 0 aliphatic carbocycles. The Balaban J connectivity index is 1.22. The summed E-state index contributed by atoms with van der Waals surface area (Å²) in [6.07, 6.45) is 14.1. The number of hydrogen-bond donors (Lipinski definition) is 6. The zero-order valence-corrected chi connectivity index (χ0v) is 34.9. The highest BCUT2D eigenvalue weighted by Crippen LogP contribution is 2.18. The van der Waals surface area contributed by atoms with Gasteiger partial charge in [-0.05, 0) is 42.0 Å². The number of carbonyl (C=O) groups excluding carboxylic acids is 5. The van der Waals surface area contributed by atoms with Crippen molar-refractivity contribution in [2.45, 2.75) is 141 Å². The molecule has 320 valence electrons. The van der Waals surface area contributed by atoms with Crippen LogP contribution in [0.3, 0.4) is 0 Å². The highest BCUT2D eigenvalue weighted by Gasteiger charge is 2.29. The molecule has 7 N–H and O–H groups in total. The third kappa shape index (κ3) is 18.7. The number of carboxylic acids is 1. The summed E-state index contributed by atoms with van der Waals surface area (Å²) < 4.78 is 0. The predicted molar refractivity (Wildman–Crippen MR) is 231 cm³/mol. The lowest BCUT2D eigenvalue weighted by molar-refractivity contribution is -0.139. The molecule has 0 heterocycles. The third-order valence-electron chi connectivity index (χ3n) is 10.6. The molecule has 0 unspecified atom stereocenters. The van der Waals surface area contributed by atoms with Crippen molar-refractivity contribution in [1.82, 2.24) is 16.0 Å². The van der Waals surface area contributed by atoms with Crippen LogP contribution in [0.2, 0.25) is 0 Å². The van der Waals surface area contributed by atoms with Gasteiger partial charge in [0.05, 0.1) is 11.3 Å². The number of hydrogen-bond acceptors (Lipinski definition) is 6. The summed E-state index contributed by atoms with van der Waals surface area (Å²) in [6, 6.07) is 22.3. The number of nitrogens with two attached hydrogens (primary N) is 1. The van der Waals surface area contributed by atoms with E-state index in [-0.39, 0.29) is 36.1 Å². The molecule has 0 aliphatic rings. The number of rotatable bonds is 29. The van der Waals surface area contributed by atoms with Crippen LogP contribution < -0.4 is 27.0 Å². The van der Waals surface area contributed by atoms with Crippen LogP contribution in [0.4, 0.5) is 5.69 Å². The average molecular weight is 812 g/mol. The fourth-order valence-electron chi connectivity index (χ4n) is 6.91. The van der Waals surface area contributed by atoms with Crippen molar-refractivity contribution >= 4 is 41.2 Å². The van der Waals surface area contributed by atoms with Gasteiger partial charge in [0.2, 0.25) is 23.6 Å². The molecule has 4 atom stereocenters. The minimum Gasteiger partial charge on any atom is -0.480 e. The Morgan fingerprint density at radius 3 is 1.53 bits per heavy atom. The summed E-state index contributed by atoms with van der Waals surface area (Å²) in [5.41, 5.74) is 7.85. The molecule has 59 heavy (non-hydrogen) atoms. The van der Waals surface area contributed by atoms with Crippen LogP contribution in [-0.2, 0) is 36.8 Å². The molecular weight excluding hydrogens is 747 g/mol. The lowest BCUT2D eigenvalue weighted by Crippen LogP contribution is -2.55. The number of carboxylic acid groups (broad SMARTS) is 1. The maximum absolute atomic E-state index is 13.2. The number of carbonyl (C=O) groups is 6. The van der Waals surface area contributed by atoms with Gasteiger partial charge >= 0.3 is 5.97 Å². The molecule has 3 rings (SSSR count). The topological polar surface area (TPSA) is 197 Å². The molecule has 3 aromatic rings. The Hall–Kier alpha value is -5.52.